The molecular formula is C5H7F3S. The Morgan fingerprint density at radius 2 is 2.11 bits per heavy atom. The summed E-state index contributed by atoms with van der Waals surface area (Å²) in [6.07, 6.45) is -2.79. The Hall–Kier alpha value is 0.140. The standard InChI is InChI=1S/C5H7F3S/c6-4(7)5(8)1-2-9-3-5/h4H,1-3H2. The van der Waals surface area contributed by atoms with Crippen LogP contribution in [0.25, 0.3) is 0 Å². The van der Waals surface area contributed by atoms with Crippen molar-refractivity contribution >= 4 is 11.8 Å². The molecule has 0 spiro atoms. The van der Waals surface area contributed by atoms with E-state index in [0.29, 0.717) is 5.75 Å². The van der Waals surface area contributed by atoms with Gasteiger partial charge in [0.25, 0.3) is 6.43 Å². The molecule has 1 rings (SSSR count). The molecular weight excluding hydrogens is 149 g/mol. The van der Waals surface area contributed by atoms with Gasteiger partial charge in [0.05, 0.1) is 0 Å². The van der Waals surface area contributed by atoms with Gasteiger partial charge in [-0.1, -0.05) is 0 Å². The van der Waals surface area contributed by atoms with Gasteiger partial charge in [-0.3, -0.25) is 0 Å². The number of alkyl halides is 3. The molecule has 1 aliphatic rings. The molecule has 1 atom stereocenters. The van der Waals surface area contributed by atoms with E-state index in [1.165, 1.54) is 11.8 Å². The number of halogens is 3. The van der Waals surface area contributed by atoms with Crippen LogP contribution in [0.4, 0.5) is 13.2 Å². The van der Waals surface area contributed by atoms with Gasteiger partial charge in [0, 0.05) is 5.75 Å². The van der Waals surface area contributed by atoms with Gasteiger partial charge < -0.3 is 0 Å². The molecule has 0 aromatic rings. The van der Waals surface area contributed by atoms with Gasteiger partial charge >= 0.3 is 0 Å². The molecule has 0 aromatic carbocycles. The molecule has 0 aromatic heterocycles. The van der Waals surface area contributed by atoms with Gasteiger partial charge in [-0.2, -0.15) is 11.8 Å². The summed E-state index contributed by atoms with van der Waals surface area (Å²) < 4.78 is 36.1. The largest absolute Gasteiger partial charge is 0.272 e. The van der Waals surface area contributed by atoms with E-state index >= 15 is 0 Å². The second-order valence-corrected chi connectivity index (χ2v) is 3.24. The van der Waals surface area contributed by atoms with Crippen LogP contribution in [0.15, 0.2) is 0 Å². The van der Waals surface area contributed by atoms with Crippen molar-refractivity contribution in [3.63, 3.8) is 0 Å². The molecule has 0 saturated carbocycles. The molecule has 1 heterocycles. The Bertz CT molecular complexity index is 98.4. The number of thioether (sulfide) groups is 1. The molecule has 1 aliphatic heterocycles. The minimum Gasteiger partial charge on any atom is -0.237 e. The Morgan fingerprint density at radius 1 is 1.44 bits per heavy atom. The van der Waals surface area contributed by atoms with Crippen molar-refractivity contribution < 1.29 is 13.2 Å². The average molecular weight is 156 g/mol. The van der Waals surface area contributed by atoms with Gasteiger partial charge in [0.1, 0.15) is 0 Å². The Labute approximate surface area is 55.8 Å². The number of rotatable bonds is 1. The van der Waals surface area contributed by atoms with E-state index < -0.39 is 12.1 Å². The fourth-order valence-corrected chi connectivity index (χ4v) is 1.97. The van der Waals surface area contributed by atoms with Crippen molar-refractivity contribution in [2.45, 2.75) is 18.5 Å². The van der Waals surface area contributed by atoms with Crippen LogP contribution >= 0.6 is 11.8 Å². The normalized spacial score (nSPS) is 36.0. The highest BCUT2D eigenvalue weighted by Crippen LogP contribution is 2.36. The van der Waals surface area contributed by atoms with E-state index in [2.05, 4.69) is 0 Å². The van der Waals surface area contributed by atoms with Gasteiger partial charge in [0.15, 0.2) is 5.67 Å². The van der Waals surface area contributed by atoms with Crippen molar-refractivity contribution in [1.29, 1.82) is 0 Å². The molecule has 0 amide bonds. The van der Waals surface area contributed by atoms with Gasteiger partial charge in [-0.25, -0.2) is 13.2 Å². The third kappa shape index (κ3) is 1.34. The highest BCUT2D eigenvalue weighted by atomic mass is 32.2. The van der Waals surface area contributed by atoms with Crippen molar-refractivity contribution in [2.75, 3.05) is 11.5 Å². The third-order valence-corrected chi connectivity index (χ3v) is 2.57. The summed E-state index contributed by atoms with van der Waals surface area (Å²) >= 11 is 1.25. The summed E-state index contributed by atoms with van der Waals surface area (Å²) in [5.41, 5.74) is -2.18. The van der Waals surface area contributed by atoms with Crippen molar-refractivity contribution in [3.8, 4) is 0 Å². The highest BCUT2D eigenvalue weighted by molar-refractivity contribution is 7.99. The van der Waals surface area contributed by atoms with Crippen LogP contribution in [-0.2, 0) is 0 Å². The first-order valence-corrected chi connectivity index (χ1v) is 3.85. The van der Waals surface area contributed by atoms with Crippen LogP contribution in [0.2, 0.25) is 0 Å². The summed E-state index contributed by atoms with van der Waals surface area (Å²) in [5, 5.41) is 0. The van der Waals surface area contributed by atoms with E-state index in [-0.39, 0.29) is 12.2 Å². The average Bonchev–Trinajstić information content (AvgIpc) is 2.16. The first-order chi connectivity index (χ1) is 4.15. The van der Waals surface area contributed by atoms with Crippen LogP contribution in [0, 0.1) is 0 Å². The summed E-state index contributed by atoms with van der Waals surface area (Å²) in [7, 11) is 0. The highest BCUT2D eigenvalue weighted by Gasteiger charge is 2.43. The summed E-state index contributed by atoms with van der Waals surface area (Å²) in [6.45, 7) is 0. The van der Waals surface area contributed by atoms with E-state index in [0.717, 1.165) is 0 Å². The van der Waals surface area contributed by atoms with Gasteiger partial charge in [-0.05, 0) is 12.2 Å². The number of hydrogen-bond donors (Lipinski definition) is 0. The van der Waals surface area contributed by atoms with Gasteiger partial charge in [0.2, 0.25) is 0 Å². The molecule has 0 N–H and O–H groups in total. The zero-order valence-electron chi connectivity index (χ0n) is 4.74. The van der Waals surface area contributed by atoms with Crippen molar-refractivity contribution in [2.24, 2.45) is 0 Å². The summed E-state index contributed by atoms with van der Waals surface area (Å²) in [4.78, 5) is 0. The third-order valence-electron chi connectivity index (χ3n) is 1.40. The first kappa shape index (κ1) is 7.25. The van der Waals surface area contributed by atoms with E-state index in [1.54, 1.807) is 0 Å². The minimum atomic E-state index is -2.80. The van der Waals surface area contributed by atoms with Crippen molar-refractivity contribution in [3.05, 3.63) is 0 Å². The Morgan fingerprint density at radius 3 is 2.33 bits per heavy atom. The smallest absolute Gasteiger partial charge is 0.237 e. The van der Waals surface area contributed by atoms with Gasteiger partial charge in [-0.15, -0.1) is 0 Å². The lowest BCUT2D eigenvalue weighted by atomic mass is 10.1. The van der Waals surface area contributed by atoms with Crippen LogP contribution in [0.1, 0.15) is 6.42 Å². The zero-order chi connectivity index (χ0) is 6.91. The van der Waals surface area contributed by atoms with Crippen LogP contribution in [0.3, 0.4) is 0 Å². The molecule has 1 saturated heterocycles. The maximum absolute atomic E-state index is 12.7. The molecule has 9 heavy (non-hydrogen) atoms. The van der Waals surface area contributed by atoms with E-state index in [4.69, 9.17) is 0 Å². The van der Waals surface area contributed by atoms with Crippen molar-refractivity contribution in [1.82, 2.24) is 0 Å². The lowest BCUT2D eigenvalue weighted by Gasteiger charge is -2.15. The predicted octanol–water partition coefficient (Wildman–Crippen LogP) is 2.10. The van der Waals surface area contributed by atoms with Crippen LogP contribution in [-0.4, -0.2) is 23.6 Å². The minimum absolute atomic E-state index is 0.00926. The Balaban J connectivity index is 2.51. The summed E-state index contributed by atoms with van der Waals surface area (Å²) in [5.74, 6) is 0.492. The maximum atomic E-state index is 12.7. The monoisotopic (exact) mass is 156 g/mol. The van der Waals surface area contributed by atoms with Crippen LogP contribution in [0.5, 0.6) is 0 Å². The first-order valence-electron chi connectivity index (χ1n) is 2.70. The summed E-state index contributed by atoms with van der Waals surface area (Å²) in [6, 6.07) is 0. The lowest BCUT2D eigenvalue weighted by Crippen LogP contribution is -2.31. The molecule has 1 fully saturated rings. The molecule has 0 bridgehead atoms. The SMILES string of the molecule is FC(F)C1(F)CCSC1. The lowest BCUT2D eigenvalue weighted by molar-refractivity contribution is -0.0163. The molecule has 0 nitrogen and oxygen atoms in total. The molecule has 0 radical (unpaired) electrons. The topological polar surface area (TPSA) is 0 Å². The van der Waals surface area contributed by atoms with E-state index in [9.17, 15) is 13.2 Å². The fraction of sp³-hybridized carbons (Fsp3) is 1.00. The zero-order valence-corrected chi connectivity index (χ0v) is 5.56. The Kier molecular flexibility index (Phi) is 1.94. The molecule has 4 heteroatoms. The fourth-order valence-electron chi connectivity index (χ4n) is 0.728. The molecule has 1 unspecified atom stereocenters. The maximum Gasteiger partial charge on any atom is 0.272 e. The molecule has 54 valence electrons. The molecule has 0 aliphatic carbocycles. The predicted molar refractivity (Wildman–Crippen MR) is 31.8 cm³/mol. The number of hydrogen-bond acceptors (Lipinski definition) is 1. The second-order valence-electron chi connectivity index (χ2n) is 2.14. The quantitative estimate of drug-likeness (QED) is 0.560. The van der Waals surface area contributed by atoms with Crippen LogP contribution < -0.4 is 0 Å². The van der Waals surface area contributed by atoms with E-state index in [1.807, 2.05) is 0 Å². The second kappa shape index (κ2) is 2.40.